The molecule has 7 heteroatoms. The summed E-state index contributed by atoms with van der Waals surface area (Å²) in [6.45, 7) is 2.16. The Bertz CT molecular complexity index is 551. The number of benzene rings is 1. The van der Waals surface area contributed by atoms with E-state index in [2.05, 4.69) is 15.8 Å². The smallest absolute Gasteiger partial charge is 0.404 e. The number of nitrogens with zero attached hydrogens (tertiary/aromatic N) is 1. The Kier molecular flexibility index (Phi) is 5.48. The Morgan fingerprint density at radius 3 is 2.64 bits per heavy atom. The number of carboxylic acid groups (broad SMARTS) is 1. The summed E-state index contributed by atoms with van der Waals surface area (Å²) in [6, 6.07) is 8.79. The molecule has 1 heterocycles. The van der Waals surface area contributed by atoms with E-state index in [0.717, 1.165) is 5.56 Å². The highest BCUT2D eigenvalue weighted by atomic mass is 16.7. The van der Waals surface area contributed by atoms with Gasteiger partial charge in [0.2, 0.25) is 0 Å². The van der Waals surface area contributed by atoms with E-state index < -0.39 is 18.1 Å². The number of nitrogens with one attached hydrogen (secondary N) is 2. The maximum atomic E-state index is 11.9. The zero-order chi connectivity index (χ0) is 15.9. The fourth-order valence-electron chi connectivity index (χ4n) is 2.26. The number of carbonyl (C=O) groups is 2. The molecule has 0 saturated carbocycles. The van der Waals surface area contributed by atoms with E-state index in [4.69, 9.17) is 9.94 Å². The van der Waals surface area contributed by atoms with Gasteiger partial charge in [0.25, 0.3) is 0 Å². The molecule has 118 valence electrons. The molecule has 0 spiro atoms. The maximum absolute atomic E-state index is 11.9. The minimum atomic E-state index is -1.06. The predicted octanol–water partition coefficient (Wildman–Crippen LogP) is 1.34. The van der Waals surface area contributed by atoms with Crippen LogP contribution < -0.4 is 10.6 Å². The Balaban J connectivity index is 1.82. The highest BCUT2D eigenvalue weighted by Crippen LogP contribution is 2.10. The van der Waals surface area contributed by atoms with Gasteiger partial charge < -0.3 is 20.6 Å². The van der Waals surface area contributed by atoms with Crippen LogP contribution in [0.3, 0.4) is 0 Å². The first-order valence-corrected chi connectivity index (χ1v) is 7.10. The van der Waals surface area contributed by atoms with Gasteiger partial charge in [-0.3, -0.25) is 0 Å². The number of amides is 1. The molecule has 0 aromatic heterocycles. The van der Waals surface area contributed by atoms with Gasteiger partial charge in [0.05, 0.1) is 5.71 Å². The summed E-state index contributed by atoms with van der Waals surface area (Å²) in [5, 5.41) is 17.9. The molecule has 22 heavy (non-hydrogen) atoms. The van der Waals surface area contributed by atoms with Gasteiger partial charge in [-0.15, -0.1) is 0 Å². The second-order valence-corrected chi connectivity index (χ2v) is 5.14. The molecule has 0 unspecified atom stereocenters. The highest BCUT2D eigenvalue weighted by Gasteiger charge is 2.27. The van der Waals surface area contributed by atoms with Crippen LogP contribution >= 0.6 is 0 Å². The quantitative estimate of drug-likeness (QED) is 0.443. The second-order valence-electron chi connectivity index (χ2n) is 5.14. The van der Waals surface area contributed by atoms with Gasteiger partial charge in [0, 0.05) is 12.6 Å². The lowest BCUT2D eigenvalue weighted by molar-refractivity contribution is -0.146. The fraction of sp³-hybridized carbons (Fsp3) is 0.400. The molecule has 1 aromatic rings. The zero-order valence-electron chi connectivity index (χ0n) is 12.3. The van der Waals surface area contributed by atoms with Gasteiger partial charge in [-0.1, -0.05) is 35.5 Å². The third kappa shape index (κ3) is 4.56. The zero-order valence-corrected chi connectivity index (χ0v) is 12.3. The number of carbonyl (C=O) groups excluding carboxylic acids is 1. The fourth-order valence-corrected chi connectivity index (χ4v) is 2.26. The monoisotopic (exact) mass is 305 g/mol. The van der Waals surface area contributed by atoms with Crippen molar-refractivity contribution in [3.05, 3.63) is 35.9 Å². The third-order valence-corrected chi connectivity index (χ3v) is 3.49. The van der Waals surface area contributed by atoms with Crippen molar-refractivity contribution in [2.75, 3.05) is 6.54 Å². The summed E-state index contributed by atoms with van der Waals surface area (Å²) in [7, 11) is 0. The number of oxime groups is 1. The van der Waals surface area contributed by atoms with Crippen molar-refractivity contribution in [1.82, 2.24) is 10.6 Å². The van der Waals surface area contributed by atoms with E-state index in [0.29, 0.717) is 25.1 Å². The van der Waals surface area contributed by atoms with Crippen LogP contribution in [0, 0.1) is 0 Å². The highest BCUT2D eigenvalue weighted by molar-refractivity contribution is 5.98. The van der Waals surface area contributed by atoms with Crippen LogP contribution in [0.2, 0.25) is 0 Å². The van der Waals surface area contributed by atoms with Crippen LogP contribution in [-0.2, 0) is 9.63 Å². The molecule has 2 atom stereocenters. The number of hydrogen-bond acceptors (Lipinski definition) is 5. The number of rotatable bonds is 4. The van der Waals surface area contributed by atoms with E-state index >= 15 is 0 Å². The maximum Gasteiger partial charge on any atom is 0.404 e. The van der Waals surface area contributed by atoms with Crippen molar-refractivity contribution < 1.29 is 19.5 Å². The molecule has 1 aliphatic heterocycles. The first kappa shape index (κ1) is 16.0. The summed E-state index contributed by atoms with van der Waals surface area (Å²) in [4.78, 5) is 27.4. The molecule has 1 fully saturated rings. The molecular formula is C15H19N3O4. The van der Waals surface area contributed by atoms with Gasteiger partial charge in [-0.25, -0.2) is 9.59 Å². The summed E-state index contributed by atoms with van der Waals surface area (Å²) >= 11 is 0. The summed E-state index contributed by atoms with van der Waals surface area (Å²) in [5.74, 6) is -0.455. The number of piperidine rings is 1. The van der Waals surface area contributed by atoms with E-state index in [-0.39, 0.29) is 6.04 Å². The van der Waals surface area contributed by atoms with Crippen molar-refractivity contribution in [3.8, 4) is 0 Å². The van der Waals surface area contributed by atoms with Gasteiger partial charge in [0.1, 0.15) is 6.04 Å². The Morgan fingerprint density at radius 1 is 1.32 bits per heavy atom. The van der Waals surface area contributed by atoms with Crippen LogP contribution in [0.25, 0.3) is 0 Å². The molecule has 1 amide bonds. The first-order valence-electron chi connectivity index (χ1n) is 7.10. The minimum absolute atomic E-state index is 0.184. The lowest BCUT2D eigenvalue weighted by Gasteiger charge is -2.27. The molecule has 0 aliphatic carbocycles. The van der Waals surface area contributed by atoms with Crippen molar-refractivity contribution in [1.29, 1.82) is 0 Å². The average Bonchev–Trinajstić information content (AvgIpc) is 2.53. The second kappa shape index (κ2) is 7.56. The van der Waals surface area contributed by atoms with Gasteiger partial charge >= 0.3 is 12.1 Å². The normalized spacial score (nSPS) is 22.0. The third-order valence-electron chi connectivity index (χ3n) is 3.49. The molecule has 2 rings (SSSR count). The lowest BCUT2D eigenvalue weighted by atomic mass is 10.0. The summed E-state index contributed by atoms with van der Waals surface area (Å²) < 4.78 is 0. The van der Waals surface area contributed by atoms with Crippen LogP contribution in [0.1, 0.15) is 25.3 Å². The lowest BCUT2D eigenvalue weighted by Crippen LogP contribution is -2.52. The van der Waals surface area contributed by atoms with Gasteiger partial charge in [-0.2, -0.15) is 0 Å². The number of hydrogen-bond donors (Lipinski definition) is 3. The topological polar surface area (TPSA) is 100 Å². The molecule has 3 N–H and O–H groups in total. The molecule has 1 aromatic carbocycles. The van der Waals surface area contributed by atoms with Crippen LogP contribution in [0.5, 0.6) is 0 Å². The molecule has 0 bridgehead atoms. The van der Waals surface area contributed by atoms with E-state index in [1.165, 1.54) is 0 Å². The van der Waals surface area contributed by atoms with E-state index in [1.807, 2.05) is 30.3 Å². The van der Waals surface area contributed by atoms with Crippen LogP contribution in [-0.4, -0.2) is 41.5 Å². The molecule has 7 nitrogen and oxygen atoms in total. The molecule has 1 saturated heterocycles. The summed E-state index contributed by atoms with van der Waals surface area (Å²) in [6.07, 6.45) is 0.0281. The Hall–Kier alpha value is -2.41. The van der Waals surface area contributed by atoms with Gasteiger partial charge in [-0.05, 0) is 25.3 Å². The standard InChI is InChI=1S/C15H19N3O4/c1-10(11-5-3-2-4-6-11)18-22-14(19)13-8-7-12(9-16-13)17-15(20)21/h2-6,12-13,16-17H,7-9H2,1H3,(H,20,21)/t12-,13+/m1/s1. The van der Waals surface area contributed by atoms with Crippen molar-refractivity contribution >= 4 is 17.8 Å². The Morgan fingerprint density at radius 2 is 2.05 bits per heavy atom. The van der Waals surface area contributed by atoms with E-state index in [1.54, 1.807) is 6.92 Å². The molecule has 0 radical (unpaired) electrons. The minimum Gasteiger partial charge on any atom is -0.465 e. The van der Waals surface area contributed by atoms with Crippen LogP contribution in [0.15, 0.2) is 35.5 Å². The summed E-state index contributed by atoms with van der Waals surface area (Å²) in [5.41, 5.74) is 1.51. The molecular weight excluding hydrogens is 286 g/mol. The van der Waals surface area contributed by atoms with Crippen LogP contribution in [0.4, 0.5) is 4.79 Å². The SMILES string of the molecule is CC(=NOC(=O)[C@@H]1CC[C@@H](NC(=O)O)CN1)c1ccccc1. The van der Waals surface area contributed by atoms with Crippen molar-refractivity contribution in [2.45, 2.75) is 31.8 Å². The predicted molar refractivity (Wildman–Crippen MR) is 80.7 cm³/mol. The van der Waals surface area contributed by atoms with E-state index in [9.17, 15) is 9.59 Å². The van der Waals surface area contributed by atoms with Gasteiger partial charge in [0.15, 0.2) is 0 Å². The first-order chi connectivity index (χ1) is 10.6. The molecule has 1 aliphatic rings. The Labute approximate surface area is 128 Å². The van der Waals surface area contributed by atoms with Crippen molar-refractivity contribution in [3.63, 3.8) is 0 Å². The van der Waals surface area contributed by atoms with Crippen molar-refractivity contribution in [2.24, 2.45) is 5.16 Å². The largest absolute Gasteiger partial charge is 0.465 e. The average molecular weight is 305 g/mol.